The molecule has 5 atom stereocenters. The minimum absolute atomic E-state index is 0.202. The van der Waals surface area contributed by atoms with Gasteiger partial charge in [-0.25, -0.2) is 0 Å². The standard InChI is InChI=1S/C19H22N2O5/c1-9-6-10(2)8-12(7-9)25-11(3)17(22)20-21-18(23)15-13-4-5-14(26-13)16(15)19(21)24/h6-8,11,13-16H,4-5H2,1-3H3,(H,20,22)/t11-,13-,14-,15+,16+/m1/s1. The van der Waals surface area contributed by atoms with E-state index in [0.717, 1.165) is 29.0 Å². The Morgan fingerprint density at radius 3 is 2.19 bits per heavy atom. The average Bonchev–Trinajstić information content (AvgIpc) is 3.23. The van der Waals surface area contributed by atoms with E-state index in [0.29, 0.717) is 5.75 Å². The molecule has 0 unspecified atom stereocenters. The SMILES string of the molecule is Cc1cc(C)cc(O[C@H](C)C(=O)NN2C(=O)[C@@H]3[C@@H](C2=O)[C@H]2CC[C@H]3O2)c1. The molecule has 3 aliphatic heterocycles. The summed E-state index contributed by atoms with van der Waals surface area (Å²) < 4.78 is 11.4. The van der Waals surface area contributed by atoms with Gasteiger partial charge in [0.15, 0.2) is 6.10 Å². The molecule has 2 bridgehead atoms. The van der Waals surface area contributed by atoms with Gasteiger partial charge in [-0.15, -0.1) is 0 Å². The van der Waals surface area contributed by atoms with Crippen LogP contribution < -0.4 is 10.2 Å². The lowest BCUT2D eigenvalue weighted by Gasteiger charge is -2.21. The molecule has 3 amide bonds. The van der Waals surface area contributed by atoms with Gasteiger partial charge in [0, 0.05) is 0 Å². The highest BCUT2D eigenvalue weighted by molar-refractivity contribution is 6.07. The highest BCUT2D eigenvalue weighted by Gasteiger charge is 2.63. The molecular weight excluding hydrogens is 336 g/mol. The maximum atomic E-state index is 12.6. The van der Waals surface area contributed by atoms with Crippen LogP contribution in [0.5, 0.6) is 5.75 Å². The van der Waals surface area contributed by atoms with Gasteiger partial charge in [-0.05, 0) is 56.9 Å². The minimum atomic E-state index is -0.842. The highest BCUT2D eigenvalue weighted by Crippen LogP contribution is 2.48. The number of nitrogens with zero attached hydrogens (tertiary/aromatic N) is 1. The van der Waals surface area contributed by atoms with E-state index in [1.165, 1.54) is 0 Å². The molecular formula is C19H22N2O5. The Hall–Kier alpha value is -2.41. The lowest BCUT2D eigenvalue weighted by Crippen LogP contribution is -2.51. The van der Waals surface area contributed by atoms with Gasteiger partial charge in [-0.3, -0.25) is 19.8 Å². The summed E-state index contributed by atoms with van der Waals surface area (Å²) in [4.78, 5) is 37.6. The molecule has 0 spiro atoms. The molecule has 1 aromatic rings. The van der Waals surface area contributed by atoms with Crippen LogP contribution in [0.2, 0.25) is 0 Å². The predicted octanol–water partition coefficient (Wildman–Crippen LogP) is 1.26. The number of fused-ring (bicyclic) bond motifs is 5. The van der Waals surface area contributed by atoms with Crippen molar-refractivity contribution in [3.8, 4) is 5.75 Å². The van der Waals surface area contributed by atoms with Crippen molar-refractivity contribution in [3.05, 3.63) is 29.3 Å². The normalized spacial score (nSPS) is 30.5. The zero-order valence-corrected chi connectivity index (χ0v) is 15.0. The molecule has 0 radical (unpaired) electrons. The van der Waals surface area contributed by atoms with Crippen molar-refractivity contribution in [1.82, 2.24) is 10.4 Å². The summed E-state index contributed by atoms with van der Waals surface area (Å²) in [6, 6.07) is 5.68. The average molecular weight is 358 g/mol. The smallest absolute Gasteiger partial charge is 0.279 e. The molecule has 0 aliphatic carbocycles. The van der Waals surface area contributed by atoms with Crippen molar-refractivity contribution in [2.45, 2.75) is 51.9 Å². The number of carbonyl (C=O) groups is 3. The van der Waals surface area contributed by atoms with Crippen molar-refractivity contribution in [3.63, 3.8) is 0 Å². The third-order valence-corrected chi connectivity index (χ3v) is 5.38. The highest BCUT2D eigenvalue weighted by atomic mass is 16.5. The first-order valence-corrected chi connectivity index (χ1v) is 8.94. The van der Waals surface area contributed by atoms with Crippen molar-refractivity contribution >= 4 is 17.7 Å². The molecule has 3 heterocycles. The number of aryl methyl sites for hydroxylation is 2. The Balaban J connectivity index is 1.43. The number of ether oxygens (including phenoxy) is 2. The van der Waals surface area contributed by atoms with Crippen LogP contribution in [0.25, 0.3) is 0 Å². The van der Waals surface area contributed by atoms with E-state index in [4.69, 9.17) is 9.47 Å². The third kappa shape index (κ3) is 2.67. The number of rotatable bonds is 4. The predicted molar refractivity (Wildman–Crippen MR) is 90.9 cm³/mol. The van der Waals surface area contributed by atoms with Crippen LogP contribution >= 0.6 is 0 Å². The number of imide groups is 1. The fraction of sp³-hybridized carbons (Fsp3) is 0.526. The van der Waals surface area contributed by atoms with Crippen LogP contribution in [0.15, 0.2) is 18.2 Å². The summed E-state index contributed by atoms with van der Waals surface area (Å²) in [6.45, 7) is 5.48. The second-order valence-corrected chi connectivity index (χ2v) is 7.41. The molecule has 26 heavy (non-hydrogen) atoms. The Morgan fingerprint density at radius 2 is 1.65 bits per heavy atom. The van der Waals surface area contributed by atoms with Crippen molar-refractivity contribution in [2.75, 3.05) is 0 Å². The molecule has 1 N–H and O–H groups in total. The van der Waals surface area contributed by atoms with Gasteiger partial charge in [0.2, 0.25) is 0 Å². The Bertz CT molecular complexity index is 744. The summed E-state index contributed by atoms with van der Waals surface area (Å²) in [5.74, 6) is -1.63. The first kappa shape index (κ1) is 17.0. The Morgan fingerprint density at radius 1 is 1.12 bits per heavy atom. The maximum absolute atomic E-state index is 12.6. The zero-order chi connectivity index (χ0) is 18.6. The summed E-state index contributed by atoms with van der Waals surface area (Å²) in [7, 11) is 0. The van der Waals surface area contributed by atoms with Gasteiger partial charge in [-0.1, -0.05) is 6.07 Å². The van der Waals surface area contributed by atoms with Crippen molar-refractivity contribution in [1.29, 1.82) is 0 Å². The second kappa shape index (κ2) is 6.09. The van der Waals surface area contributed by atoms with Crippen LogP contribution in [0.1, 0.15) is 30.9 Å². The first-order valence-electron chi connectivity index (χ1n) is 8.94. The number of hydrogen-bond donors (Lipinski definition) is 1. The molecule has 4 rings (SSSR count). The van der Waals surface area contributed by atoms with Gasteiger partial charge in [-0.2, -0.15) is 5.01 Å². The fourth-order valence-corrected chi connectivity index (χ4v) is 4.28. The second-order valence-electron chi connectivity index (χ2n) is 7.41. The molecule has 138 valence electrons. The fourth-order valence-electron chi connectivity index (χ4n) is 4.28. The summed E-state index contributed by atoms with van der Waals surface area (Å²) >= 11 is 0. The van der Waals surface area contributed by atoms with Crippen LogP contribution in [-0.2, 0) is 19.1 Å². The summed E-state index contributed by atoms with van der Waals surface area (Å²) in [6.07, 6.45) is 0.336. The molecule has 3 aliphatic rings. The number of benzene rings is 1. The van der Waals surface area contributed by atoms with Gasteiger partial charge in [0.25, 0.3) is 17.7 Å². The van der Waals surface area contributed by atoms with Crippen molar-refractivity contribution < 1.29 is 23.9 Å². The number of nitrogens with one attached hydrogen (secondary N) is 1. The molecule has 0 saturated carbocycles. The van der Waals surface area contributed by atoms with Crippen LogP contribution in [-0.4, -0.2) is 41.0 Å². The van der Waals surface area contributed by atoms with Gasteiger partial charge in [0.1, 0.15) is 5.75 Å². The number of amides is 3. The van der Waals surface area contributed by atoms with Crippen LogP contribution in [0, 0.1) is 25.7 Å². The van der Waals surface area contributed by atoms with E-state index in [2.05, 4.69) is 5.43 Å². The molecule has 0 aromatic heterocycles. The van der Waals surface area contributed by atoms with E-state index in [9.17, 15) is 14.4 Å². The molecule has 7 heteroatoms. The Labute approximate surface area is 151 Å². The summed E-state index contributed by atoms with van der Waals surface area (Å²) in [5, 5.41) is 0.868. The number of carbonyl (C=O) groups excluding carboxylic acids is 3. The van der Waals surface area contributed by atoms with Gasteiger partial charge >= 0.3 is 0 Å². The molecule has 3 fully saturated rings. The maximum Gasteiger partial charge on any atom is 0.279 e. The molecule has 1 aromatic carbocycles. The van der Waals surface area contributed by atoms with Crippen molar-refractivity contribution in [2.24, 2.45) is 11.8 Å². The van der Waals surface area contributed by atoms with Gasteiger partial charge in [0.05, 0.1) is 24.0 Å². The molecule has 3 saturated heterocycles. The zero-order valence-electron chi connectivity index (χ0n) is 15.0. The van der Waals surface area contributed by atoms with Crippen LogP contribution in [0.4, 0.5) is 0 Å². The first-order chi connectivity index (χ1) is 12.3. The third-order valence-electron chi connectivity index (χ3n) is 5.38. The van der Waals surface area contributed by atoms with Crippen LogP contribution in [0.3, 0.4) is 0 Å². The number of hydrazine groups is 1. The van der Waals surface area contributed by atoms with Gasteiger partial charge < -0.3 is 9.47 Å². The van der Waals surface area contributed by atoms with E-state index in [1.807, 2.05) is 32.0 Å². The minimum Gasteiger partial charge on any atom is -0.481 e. The van der Waals surface area contributed by atoms with E-state index >= 15 is 0 Å². The topological polar surface area (TPSA) is 84.9 Å². The van der Waals surface area contributed by atoms with E-state index in [1.54, 1.807) is 6.92 Å². The molecule has 7 nitrogen and oxygen atoms in total. The lowest BCUT2D eigenvalue weighted by atomic mass is 9.81. The van der Waals surface area contributed by atoms with E-state index in [-0.39, 0.29) is 24.0 Å². The summed E-state index contributed by atoms with van der Waals surface area (Å²) in [5.41, 5.74) is 4.50. The Kier molecular flexibility index (Phi) is 3.99. The quantitative estimate of drug-likeness (QED) is 0.819. The monoisotopic (exact) mass is 358 g/mol. The number of hydrogen-bond acceptors (Lipinski definition) is 5. The van der Waals surface area contributed by atoms with E-state index < -0.39 is 23.8 Å². The largest absolute Gasteiger partial charge is 0.481 e. The lowest BCUT2D eigenvalue weighted by molar-refractivity contribution is -0.153.